The molecule has 2 aromatic heterocycles. The smallest absolute Gasteiger partial charge is 0.105 e. The summed E-state index contributed by atoms with van der Waals surface area (Å²) in [6, 6.07) is 12.0. The van der Waals surface area contributed by atoms with E-state index < -0.39 is 0 Å². The molecule has 5 nitrogen and oxygen atoms in total. The molecule has 2 heterocycles. The van der Waals surface area contributed by atoms with E-state index in [-0.39, 0.29) is 6.04 Å². The summed E-state index contributed by atoms with van der Waals surface area (Å²) in [5.41, 5.74) is 3.10. The Labute approximate surface area is 123 Å². The number of nitrogens with one attached hydrogen (secondary N) is 1. The zero-order chi connectivity index (χ0) is 14.7. The van der Waals surface area contributed by atoms with Crippen molar-refractivity contribution in [3.8, 4) is 5.69 Å². The standard InChI is InChI=1S/C16H18N4O/c1-3-17-16(14-9-10-21-12(14)2)15-11-18-19-20(15)13-7-5-4-6-8-13/h4-11,16-17H,3H2,1-2H3. The van der Waals surface area contributed by atoms with Gasteiger partial charge in [-0.3, -0.25) is 0 Å². The average molecular weight is 282 g/mol. The second-order valence-corrected chi connectivity index (χ2v) is 4.83. The van der Waals surface area contributed by atoms with Gasteiger partial charge in [-0.1, -0.05) is 30.3 Å². The predicted molar refractivity (Wildman–Crippen MR) is 80.3 cm³/mol. The third-order valence-corrected chi connectivity index (χ3v) is 3.49. The Bertz CT molecular complexity index is 702. The summed E-state index contributed by atoms with van der Waals surface area (Å²) >= 11 is 0. The first-order valence-corrected chi connectivity index (χ1v) is 7.04. The molecule has 0 spiro atoms. The van der Waals surface area contributed by atoms with Gasteiger partial charge >= 0.3 is 0 Å². The van der Waals surface area contributed by atoms with Crippen LogP contribution in [0.5, 0.6) is 0 Å². The molecule has 1 aromatic carbocycles. The van der Waals surface area contributed by atoms with Crippen LogP contribution in [-0.4, -0.2) is 21.5 Å². The van der Waals surface area contributed by atoms with Gasteiger partial charge in [-0.2, -0.15) is 0 Å². The largest absolute Gasteiger partial charge is 0.469 e. The van der Waals surface area contributed by atoms with E-state index in [4.69, 9.17) is 4.42 Å². The Morgan fingerprint density at radius 2 is 2.05 bits per heavy atom. The van der Waals surface area contributed by atoms with Gasteiger partial charge in [0.25, 0.3) is 0 Å². The number of para-hydroxylation sites is 1. The van der Waals surface area contributed by atoms with Crippen molar-refractivity contribution < 1.29 is 4.42 Å². The van der Waals surface area contributed by atoms with E-state index in [0.29, 0.717) is 0 Å². The summed E-state index contributed by atoms with van der Waals surface area (Å²) in [5.74, 6) is 0.904. The number of aromatic nitrogens is 3. The molecule has 0 amide bonds. The summed E-state index contributed by atoms with van der Waals surface area (Å²) in [6.45, 7) is 4.89. The Morgan fingerprint density at radius 1 is 1.24 bits per heavy atom. The SMILES string of the molecule is CCNC(c1ccoc1C)c1cnnn1-c1ccccc1. The molecule has 0 radical (unpaired) electrons. The molecule has 0 fully saturated rings. The third kappa shape index (κ3) is 2.60. The summed E-state index contributed by atoms with van der Waals surface area (Å²) in [4.78, 5) is 0. The molecule has 5 heteroatoms. The van der Waals surface area contributed by atoms with Crippen molar-refractivity contribution in [1.82, 2.24) is 20.3 Å². The lowest BCUT2D eigenvalue weighted by Gasteiger charge is -2.18. The number of aryl methyl sites for hydroxylation is 1. The lowest BCUT2D eigenvalue weighted by molar-refractivity contribution is 0.515. The maximum Gasteiger partial charge on any atom is 0.105 e. The lowest BCUT2D eigenvalue weighted by Crippen LogP contribution is -2.24. The van der Waals surface area contributed by atoms with Crippen LogP contribution in [0.4, 0.5) is 0 Å². The molecule has 1 atom stereocenters. The van der Waals surface area contributed by atoms with Gasteiger partial charge in [0.1, 0.15) is 5.76 Å². The Morgan fingerprint density at radius 3 is 2.71 bits per heavy atom. The van der Waals surface area contributed by atoms with Crippen LogP contribution in [0, 0.1) is 6.92 Å². The second-order valence-electron chi connectivity index (χ2n) is 4.83. The van der Waals surface area contributed by atoms with Gasteiger partial charge in [-0.25, -0.2) is 4.68 Å². The van der Waals surface area contributed by atoms with Gasteiger partial charge in [-0.05, 0) is 31.7 Å². The third-order valence-electron chi connectivity index (χ3n) is 3.49. The summed E-state index contributed by atoms with van der Waals surface area (Å²) < 4.78 is 7.31. The van der Waals surface area contributed by atoms with Crippen molar-refractivity contribution in [2.75, 3.05) is 6.54 Å². The van der Waals surface area contributed by atoms with Crippen LogP contribution in [0.15, 0.2) is 53.3 Å². The minimum absolute atomic E-state index is 0.00366. The molecule has 0 bridgehead atoms. The van der Waals surface area contributed by atoms with Crippen molar-refractivity contribution >= 4 is 0 Å². The topological polar surface area (TPSA) is 55.9 Å². The van der Waals surface area contributed by atoms with Crippen LogP contribution in [0.2, 0.25) is 0 Å². The first kappa shape index (κ1) is 13.6. The molecule has 21 heavy (non-hydrogen) atoms. The van der Waals surface area contributed by atoms with Crippen LogP contribution >= 0.6 is 0 Å². The number of furan rings is 1. The van der Waals surface area contributed by atoms with Crippen molar-refractivity contribution in [3.05, 3.63) is 65.9 Å². The Kier molecular flexibility index (Phi) is 3.83. The predicted octanol–water partition coefficient (Wildman–Crippen LogP) is 2.87. The molecule has 1 N–H and O–H groups in total. The van der Waals surface area contributed by atoms with E-state index in [2.05, 4.69) is 22.6 Å². The highest BCUT2D eigenvalue weighted by Gasteiger charge is 2.22. The molecule has 0 saturated carbocycles. The van der Waals surface area contributed by atoms with Crippen LogP contribution in [0.1, 0.15) is 30.0 Å². The zero-order valence-electron chi connectivity index (χ0n) is 12.2. The second kappa shape index (κ2) is 5.93. The molecular weight excluding hydrogens is 264 g/mol. The number of benzene rings is 1. The highest BCUT2D eigenvalue weighted by atomic mass is 16.3. The summed E-state index contributed by atoms with van der Waals surface area (Å²) in [7, 11) is 0. The number of hydrogen-bond donors (Lipinski definition) is 1. The molecular formula is C16H18N4O. The van der Waals surface area contributed by atoms with Crippen LogP contribution < -0.4 is 5.32 Å². The van der Waals surface area contributed by atoms with Gasteiger partial charge in [0, 0.05) is 5.56 Å². The highest BCUT2D eigenvalue weighted by Crippen LogP contribution is 2.26. The number of hydrogen-bond acceptors (Lipinski definition) is 4. The fraction of sp³-hybridized carbons (Fsp3) is 0.250. The fourth-order valence-corrected chi connectivity index (χ4v) is 2.48. The molecule has 3 rings (SSSR count). The quantitative estimate of drug-likeness (QED) is 0.782. The van der Waals surface area contributed by atoms with Crippen LogP contribution in [-0.2, 0) is 0 Å². The van der Waals surface area contributed by atoms with E-state index in [0.717, 1.165) is 29.2 Å². The normalized spacial score (nSPS) is 12.5. The van der Waals surface area contributed by atoms with Crippen molar-refractivity contribution in [2.24, 2.45) is 0 Å². The van der Waals surface area contributed by atoms with E-state index >= 15 is 0 Å². The van der Waals surface area contributed by atoms with E-state index in [1.807, 2.05) is 48.0 Å². The summed E-state index contributed by atoms with van der Waals surface area (Å²) in [5, 5.41) is 11.8. The number of nitrogens with zero attached hydrogens (tertiary/aromatic N) is 3. The molecule has 0 saturated heterocycles. The molecule has 108 valence electrons. The van der Waals surface area contributed by atoms with Gasteiger partial charge < -0.3 is 9.73 Å². The number of rotatable bonds is 5. The van der Waals surface area contributed by atoms with E-state index in [1.165, 1.54) is 0 Å². The van der Waals surface area contributed by atoms with Crippen molar-refractivity contribution in [1.29, 1.82) is 0 Å². The van der Waals surface area contributed by atoms with Gasteiger partial charge in [0.2, 0.25) is 0 Å². The van der Waals surface area contributed by atoms with E-state index in [9.17, 15) is 0 Å². The summed E-state index contributed by atoms with van der Waals surface area (Å²) in [6.07, 6.45) is 3.51. The van der Waals surface area contributed by atoms with Crippen molar-refractivity contribution in [3.63, 3.8) is 0 Å². The minimum Gasteiger partial charge on any atom is -0.469 e. The molecule has 0 aliphatic heterocycles. The maximum atomic E-state index is 5.45. The molecule has 1 unspecified atom stereocenters. The monoisotopic (exact) mass is 282 g/mol. The Balaban J connectivity index is 2.06. The zero-order valence-corrected chi connectivity index (χ0v) is 12.2. The molecule has 0 aliphatic carbocycles. The van der Waals surface area contributed by atoms with Crippen LogP contribution in [0.25, 0.3) is 5.69 Å². The van der Waals surface area contributed by atoms with E-state index in [1.54, 1.807) is 12.5 Å². The molecule has 3 aromatic rings. The lowest BCUT2D eigenvalue weighted by atomic mass is 10.0. The van der Waals surface area contributed by atoms with Crippen molar-refractivity contribution in [2.45, 2.75) is 19.9 Å². The maximum absolute atomic E-state index is 5.45. The average Bonchev–Trinajstić information content (AvgIpc) is 3.15. The highest BCUT2D eigenvalue weighted by molar-refractivity contribution is 5.36. The minimum atomic E-state index is 0.00366. The first-order valence-electron chi connectivity index (χ1n) is 7.04. The van der Waals surface area contributed by atoms with Gasteiger partial charge in [-0.15, -0.1) is 5.10 Å². The van der Waals surface area contributed by atoms with Crippen LogP contribution in [0.3, 0.4) is 0 Å². The Hall–Kier alpha value is -2.40. The molecule has 0 aliphatic rings. The van der Waals surface area contributed by atoms with Gasteiger partial charge in [0.15, 0.2) is 0 Å². The fourth-order valence-electron chi connectivity index (χ4n) is 2.48. The first-order chi connectivity index (χ1) is 10.3. The van der Waals surface area contributed by atoms with Gasteiger partial charge in [0.05, 0.1) is 29.9 Å².